The van der Waals surface area contributed by atoms with E-state index < -0.39 is 15.9 Å². The minimum atomic E-state index is -3.48. The van der Waals surface area contributed by atoms with E-state index in [-0.39, 0.29) is 5.25 Å². The van der Waals surface area contributed by atoms with Crippen LogP contribution in [-0.4, -0.2) is 26.1 Å². The van der Waals surface area contributed by atoms with Gasteiger partial charge < -0.3 is 5.32 Å². The number of benzene rings is 1. The van der Waals surface area contributed by atoms with Crippen molar-refractivity contribution in [1.29, 1.82) is 0 Å². The largest absolute Gasteiger partial charge is 0.385 e. The number of sulfonamides is 1. The third kappa shape index (κ3) is 2.45. The van der Waals surface area contributed by atoms with Crippen molar-refractivity contribution in [2.24, 2.45) is 0 Å². The lowest BCUT2D eigenvalue weighted by Gasteiger charge is -2.20. The SMILES string of the molecule is O=C(NS(=O)(=O)C1CC1)c1cccc2c1CCCN2. The molecule has 19 heavy (non-hydrogen) atoms. The summed E-state index contributed by atoms with van der Waals surface area (Å²) in [5.41, 5.74) is 2.31. The van der Waals surface area contributed by atoms with Gasteiger partial charge >= 0.3 is 0 Å². The molecule has 1 aromatic carbocycles. The number of hydrogen-bond acceptors (Lipinski definition) is 4. The molecule has 0 atom stereocenters. The molecular formula is C13H16N2O3S. The number of hydrogen-bond donors (Lipinski definition) is 2. The van der Waals surface area contributed by atoms with Crippen LogP contribution in [0.1, 0.15) is 35.2 Å². The molecule has 1 heterocycles. The first-order valence-corrected chi connectivity index (χ1v) is 8.04. The van der Waals surface area contributed by atoms with E-state index in [0.29, 0.717) is 18.4 Å². The quantitative estimate of drug-likeness (QED) is 0.874. The fourth-order valence-electron chi connectivity index (χ4n) is 2.37. The van der Waals surface area contributed by atoms with Crippen LogP contribution in [0.2, 0.25) is 0 Å². The first-order chi connectivity index (χ1) is 9.08. The van der Waals surface area contributed by atoms with Gasteiger partial charge in [-0.25, -0.2) is 13.1 Å². The van der Waals surface area contributed by atoms with E-state index in [4.69, 9.17) is 0 Å². The van der Waals surface area contributed by atoms with Crippen molar-refractivity contribution >= 4 is 21.6 Å². The summed E-state index contributed by atoms with van der Waals surface area (Å²) in [5.74, 6) is -0.507. The lowest BCUT2D eigenvalue weighted by atomic mass is 9.97. The Bertz CT molecular complexity index is 621. The number of carbonyl (C=O) groups is 1. The Balaban J connectivity index is 1.87. The summed E-state index contributed by atoms with van der Waals surface area (Å²) >= 11 is 0. The fraction of sp³-hybridized carbons (Fsp3) is 0.462. The Hall–Kier alpha value is -1.56. The van der Waals surface area contributed by atoms with E-state index in [1.165, 1.54) is 0 Å². The third-order valence-electron chi connectivity index (χ3n) is 3.54. The van der Waals surface area contributed by atoms with Crippen LogP contribution in [0.4, 0.5) is 5.69 Å². The first kappa shape index (κ1) is 12.5. The van der Waals surface area contributed by atoms with Crippen LogP contribution < -0.4 is 10.0 Å². The van der Waals surface area contributed by atoms with Gasteiger partial charge in [0.25, 0.3) is 5.91 Å². The minimum absolute atomic E-state index is 0.380. The van der Waals surface area contributed by atoms with Crippen molar-refractivity contribution in [3.05, 3.63) is 29.3 Å². The van der Waals surface area contributed by atoms with E-state index in [1.54, 1.807) is 12.1 Å². The smallest absolute Gasteiger partial charge is 0.265 e. The number of carbonyl (C=O) groups excluding carboxylic acids is 1. The molecule has 0 unspecified atom stereocenters. The lowest BCUT2D eigenvalue weighted by Crippen LogP contribution is -2.34. The molecule has 2 N–H and O–H groups in total. The van der Waals surface area contributed by atoms with Crippen LogP contribution in [0.15, 0.2) is 18.2 Å². The number of anilines is 1. The van der Waals surface area contributed by atoms with E-state index in [1.807, 2.05) is 6.07 Å². The van der Waals surface area contributed by atoms with Gasteiger partial charge in [-0.15, -0.1) is 0 Å². The van der Waals surface area contributed by atoms with Crippen LogP contribution in [0, 0.1) is 0 Å². The zero-order valence-electron chi connectivity index (χ0n) is 10.5. The van der Waals surface area contributed by atoms with E-state index >= 15 is 0 Å². The topological polar surface area (TPSA) is 75.3 Å². The molecule has 1 aliphatic heterocycles. The monoisotopic (exact) mass is 280 g/mol. The molecule has 1 saturated carbocycles. The maximum Gasteiger partial charge on any atom is 0.265 e. The van der Waals surface area contributed by atoms with Gasteiger partial charge in [0.05, 0.1) is 5.25 Å². The summed E-state index contributed by atoms with van der Waals surface area (Å²) < 4.78 is 25.8. The van der Waals surface area contributed by atoms with E-state index in [0.717, 1.165) is 30.6 Å². The zero-order chi connectivity index (χ0) is 13.5. The molecule has 5 nitrogen and oxygen atoms in total. The van der Waals surface area contributed by atoms with Gasteiger partial charge in [0.15, 0.2) is 0 Å². The number of rotatable bonds is 3. The molecule has 0 saturated heterocycles. The van der Waals surface area contributed by atoms with Crippen molar-refractivity contribution in [2.45, 2.75) is 30.9 Å². The Morgan fingerprint density at radius 2 is 2.11 bits per heavy atom. The van der Waals surface area contributed by atoms with Crippen molar-refractivity contribution in [3.8, 4) is 0 Å². The average Bonchev–Trinajstić information content (AvgIpc) is 3.22. The summed E-state index contributed by atoms with van der Waals surface area (Å²) in [5, 5.41) is 2.85. The Morgan fingerprint density at radius 1 is 1.32 bits per heavy atom. The van der Waals surface area contributed by atoms with Crippen molar-refractivity contribution in [2.75, 3.05) is 11.9 Å². The molecule has 1 amide bonds. The van der Waals surface area contributed by atoms with Crippen LogP contribution in [0.3, 0.4) is 0 Å². The molecule has 0 bridgehead atoms. The number of fused-ring (bicyclic) bond motifs is 1. The summed E-state index contributed by atoms with van der Waals surface area (Å²) in [4.78, 5) is 12.1. The second-order valence-corrected chi connectivity index (χ2v) is 7.00. The van der Waals surface area contributed by atoms with Crippen LogP contribution in [0.5, 0.6) is 0 Å². The van der Waals surface area contributed by atoms with E-state index in [9.17, 15) is 13.2 Å². The lowest BCUT2D eigenvalue weighted by molar-refractivity contribution is 0.0980. The highest BCUT2D eigenvalue weighted by atomic mass is 32.2. The van der Waals surface area contributed by atoms with Crippen molar-refractivity contribution in [3.63, 3.8) is 0 Å². The molecule has 1 aliphatic carbocycles. The molecule has 1 aromatic rings. The van der Waals surface area contributed by atoms with E-state index in [2.05, 4.69) is 10.0 Å². The highest BCUT2D eigenvalue weighted by Gasteiger charge is 2.37. The number of nitrogens with one attached hydrogen (secondary N) is 2. The molecule has 3 rings (SSSR count). The van der Waals surface area contributed by atoms with Crippen LogP contribution >= 0.6 is 0 Å². The zero-order valence-corrected chi connectivity index (χ0v) is 11.3. The molecule has 102 valence electrons. The Labute approximate surface area is 112 Å². The van der Waals surface area contributed by atoms with Gasteiger partial charge in [0.1, 0.15) is 0 Å². The molecule has 0 radical (unpaired) electrons. The maximum absolute atomic E-state index is 12.1. The first-order valence-electron chi connectivity index (χ1n) is 6.49. The predicted octanol–water partition coefficient (Wildman–Crippen LogP) is 1.27. The van der Waals surface area contributed by atoms with Gasteiger partial charge in [-0.1, -0.05) is 6.07 Å². The molecule has 0 spiro atoms. The van der Waals surface area contributed by atoms with Gasteiger partial charge in [0.2, 0.25) is 10.0 Å². The Kier molecular flexibility index (Phi) is 2.97. The van der Waals surface area contributed by atoms with Crippen molar-refractivity contribution in [1.82, 2.24) is 4.72 Å². The summed E-state index contributed by atoms with van der Waals surface area (Å²) in [6.45, 7) is 0.887. The number of amides is 1. The van der Waals surface area contributed by atoms with Gasteiger partial charge in [-0.2, -0.15) is 0 Å². The molecule has 6 heteroatoms. The predicted molar refractivity (Wildman–Crippen MR) is 72.7 cm³/mol. The minimum Gasteiger partial charge on any atom is -0.385 e. The molecular weight excluding hydrogens is 264 g/mol. The van der Waals surface area contributed by atoms with Gasteiger partial charge in [-0.3, -0.25) is 4.79 Å². The fourth-order valence-corrected chi connectivity index (χ4v) is 3.66. The normalized spacial score (nSPS) is 18.3. The average molecular weight is 280 g/mol. The maximum atomic E-state index is 12.1. The van der Waals surface area contributed by atoms with Gasteiger partial charge in [-0.05, 0) is 43.4 Å². The third-order valence-corrected chi connectivity index (χ3v) is 5.36. The van der Waals surface area contributed by atoms with Crippen molar-refractivity contribution < 1.29 is 13.2 Å². The van der Waals surface area contributed by atoms with Gasteiger partial charge in [0, 0.05) is 17.8 Å². The summed E-state index contributed by atoms with van der Waals surface area (Å²) in [7, 11) is -3.48. The summed E-state index contributed by atoms with van der Waals surface area (Å²) in [6, 6.07) is 5.38. The van der Waals surface area contributed by atoms with Crippen LogP contribution in [0.25, 0.3) is 0 Å². The summed E-state index contributed by atoms with van der Waals surface area (Å²) in [6.07, 6.45) is 3.05. The highest BCUT2D eigenvalue weighted by molar-refractivity contribution is 7.91. The molecule has 0 aromatic heterocycles. The second kappa shape index (κ2) is 4.52. The molecule has 2 aliphatic rings. The standard InChI is InChI=1S/C13H16N2O3S/c16-13(15-19(17,18)9-6-7-9)11-3-1-5-12-10(11)4-2-8-14-12/h1,3,5,9,14H,2,4,6-8H2,(H,15,16). The Morgan fingerprint density at radius 3 is 2.84 bits per heavy atom. The molecule has 1 fully saturated rings. The highest BCUT2D eigenvalue weighted by Crippen LogP contribution is 2.29. The van der Waals surface area contributed by atoms with Crippen LogP contribution in [-0.2, 0) is 16.4 Å². The second-order valence-electron chi connectivity index (χ2n) is 5.04.